The fourth-order valence-electron chi connectivity index (χ4n) is 1.08. The third kappa shape index (κ3) is 1.88. The third-order valence-corrected chi connectivity index (χ3v) is 2.02. The molecule has 0 spiro atoms. The highest BCUT2D eigenvalue weighted by Crippen LogP contribution is 2.15. The van der Waals surface area contributed by atoms with Gasteiger partial charge in [-0.05, 0) is 19.1 Å². The van der Waals surface area contributed by atoms with E-state index in [-0.39, 0.29) is 0 Å². The summed E-state index contributed by atoms with van der Waals surface area (Å²) < 4.78 is 0. The highest BCUT2D eigenvalue weighted by molar-refractivity contribution is 6.29. The molecule has 0 aliphatic carbocycles. The standard InChI is InChI=1S/C10H8ClN3/c1-7-2-3-8(4-12-7)9-5-14-10(11)6-13-9/h2-6H,1H3. The van der Waals surface area contributed by atoms with E-state index in [0.29, 0.717) is 5.15 Å². The van der Waals surface area contributed by atoms with Gasteiger partial charge in [0.15, 0.2) is 0 Å². The smallest absolute Gasteiger partial charge is 0.147 e. The quantitative estimate of drug-likeness (QED) is 0.718. The summed E-state index contributed by atoms with van der Waals surface area (Å²) in [6.07, 6.45) is 4.93. The van der Waals surface area contributed by atoms with E-state index in [0.717, 1.165) is 17.0 Å². The van der Waals surface area contributed by atoms with E-state index in [1.807, 2.05) is 19.1 Å². The van der Waals surface area contributed by atoms with Crippen LogP contribution in [-0.4, -0.2) is 15.0 Å². The number of aryl methyl sites for hydroxylation is 1. The predicted molar refractivity (Wildman–Crippen MR) is 55.0 cm³/mol. The topological polar surface area (TPSA) is 38.7 Å². The van der Waals surface area contributed by atoms with Crippen molar-refractivity contribution in [2.75, 3.05) is 0 Å². The van der Waals surface area contributed by atoms with Crippen LogP contribution < -0.4 is 0 Å². The molecule has 70 valence electrons. The molecule has 14 heavy (non-hydrogen) atoms. The molecule has 0 atom stereocenters. The summed E-state index contributed by atoms with van der Waals surface area (Å²) in [6.45, 7) is 1.94. The van der Waals surface area contributed by atoms with Gasteiger partial charge in [0.1, 0.15) is 5.15 Å². The second-order valence-corrected chi connectivity index (χ2v) is 3.30. The van der Waals surface area contributed by atoms with E-state index in [1.165, 1.54) is 6.20 Å². The predicted octanol–water partition coefficient (Wildman–Crippen LogP) is 2.50. The molecule has 2 heterocycles. The molecule has 0 aromatic carbocycles. The van der Waals surface area contributed by atoms with Crippen LogP contribution in [0.5, 0.6) is 0 Å². The number of hydrogen-bond donors (Lipinski definition) is 0. The first kappa shape index (κ1) is 9.09. The van der Waals surface area contributed by atoms with Crippen molar-refractivity contribution < 1.29 is 0 Å². The van der Waals surface area contributed by atoms with Crippen LogP contribution in [0.15, 0.2) is 30.7 Å². The van der Waals surface area contributed by atoms with Crippen molar-refractivity contribution in [2.24, 2.45) is 0 Å². The number of halogens is 1. The molecule has 0 unspecified atom stereocenters. The molecule has 0 saturated heterocycles. The van der Waals surface area contributed by atoms with Crippen molar-refractivity contribution in [1.82, 2.24) is 15.0 Å². The van der Waals surface area contributed by atoms with Crippen molar-refractivity contribution in [3.05, 3.63) is 41.6 Å². The average Bonchev–Trinajstić information content (AvgIpc) is 2.21. The Balaban J connectivity index is 2.40. The van der Waals surface area contributed by atoms with Crippen LogP contribution >= 0.6 is 11.6 Å². The lowest BCUT2D eigenvalue weighted by Crippen LogP contribution is -1.87. The van der Waals surface area contributed by atoms with Crippen LogP contribution in [0.25, 0.3) is 11.3 Å². The van der Waals surface area contributed by atoms with Crippen LogP contribution in [-0.2, 0) is 0 Å². The van der Waals surface area contributed by atoms with Crippen LogP contribution in [0.3, 0.4) is 0 Å². The number of aromatic nitrogens is 3. The SMILES string of the molecule is Cc1ccc(-c2cnc(Cl)cn2)cn1. The van der Waals surface area contributed by atoms with E-state index in [1.54, 1.807) is 12.4 Å². The fraction of sp³-hybridized carbons (Fsp3) is 0.100. The van der Waals surface area contributed by atoms with E-state index < -0.39 is 0 Å². The summed E-state index contributed by atoms with van der Waals surface area (Å²) in [7, 11) is 0. The summed E-state index contributed by atoms with van der Waals surface area (Å²) in [5, 5.41) is 0.397. The molecule has 0 saturated carbocycles. The first-order chi connectivity index (χ1) is 6.75. The Bertz CT molecular complexity index is 379. The Kier molecular flexibility index (Phi) is 2.41. The highest BCUT2D eigenvalue weighted by Gasteiger charge is 1.99. The molecule has 0 aliphatic rings. The molecule has 0 N–H and O–H groups in total. The zero-order chi connectivity index (χ0) is 9.97. The lowest BCUT2D eigenvalue weighted by molar-refractivity contribution is 1.17. The van der Waals surface area contributed by atoms with Gasteiger partial charge in [-0.2, -0.15) is 0 Å². The summed E-state index contributed by atoms with van der Waals surface area (Å²) in [5.74, 6) is 0. The Hall–Kier alpha value is -1.48. The summed E-state index contributed by atoms with van der Waals surface area (Å²) in [5.41, 5.74) is 2.71. The Labute approximate surface area is 86.8 Å². The van der Waals surface area contributed by atoms with Gasteiger partial charge in [0.25, 0.3) is 0 Å². The zero-order valence-corrected chi connectivity index (χ0v) is 8.36. The molecule has 2 aromatic heterocycles. The zero-order valence-electron chi connectivity index (χ0n) is 7.61. The fourth-order valence-corrected chi connectivity index (χ4v) is 1.18. The number of nitrogens with zero attached hydrogens (tertiary/aromatic N) is 3. The molecule has 0 amide bonds. The molecule has 2 aromatic rings. The molecular weight excluding hydrogens is 198 g/mol. The Morgan fingerprint density at radius 2 is 1.86 bits per heavy atom. The van der Waals surface area contributed by atoms with Gasteiger partial charge in [0.2, 0.25) is 0 Å². The number of hydrogen-bond acceptors (Lipinski definition) is 3. The number of rotatable bonds is 1. The molecule has 0 aliphatic heterocycles. The van der Waals surface area contributed by atoms with Crippen LogP contribution in [0.4, 0.5) is 0 Å². The largest absolute Gasteiger partial charge is 0.261 e. The van der Waals surface area contributed by atoms with E-state index in [4.69, 9.17) is 11.6 Å². The highest BCUT2D eigenvalue weighted by atomic mass is 35.5. The van der Waals surface area contributed by atoms with Crippen molar-refractivity contribution in [3.63, 3.8) is 0 Å². The number of pyridine rings is 1. The molecular formula is C10H8ClN3. The Morgan fingerprint density at radius 1 is 1.00 bits per heavy atom. The first-order valence-corrected chi connectivity index (χ1v) is 4.54. The minimum atomic E-state index is 0.397. The summed E-state index contributed by atoms with van der Waals surface area (Å²) in [6, 6.07) is 3.89. The van der Waals surface area contributed by atoms with E-state index >= 15 is 0 Å². The van der Waals surface area contributed by atoms with E-state index in [2.05, 4.69) is 15.0 Å². The monoisotopic (exact) mass is 205 g/mol. The van der Waals surface area contributed by atoms with Crippen LogP contribution in [0.2, 0.25) is 5.15 Å². The van der Waals surface area contributed by atoms with Crippen molar-refractivity contribution >= 4 is 11.6 Å². The van der Waals surface area contributed by atoms with Crippen molar-refractivity contribution in [2.45, 2.75) is 6.92 Å². The maximum Gasteiger partial charge on any atom is 0.147 e. The summed E-state index contributed by atoms with van der Waals surface area (Å²) in [4.78, 5) is 12.3. The van der Waals surface area contributed by atoms with Crippen LogP contribution in [0, 0.1) is 6.92 Å². The van der Waals surface area contributed by atoms with Gasteiger partial charge in [-0.3, -0.25) is 9.97 Å². The minimum absolute atomic E-state index is 0.397. The minimum Gasteiger partial charge on any atom is -0.261 e. The molecule has 0 fully saturated rings. The van der Waals surface area contributed by atoms with Gasteiger partial charge in [0, 0.05) is 17.5 Å². The van der Waals surface area contributed by atoms with E-state index in [9.17, 15) is 0 Å². The molecule has 2 rings (SSSR count). The van der Waals surface area contributed by atoms with Gasteiger partial charge >= 0.3 is 0 Å². The van der Waals surface area contributed by atoms with Crippen molar-refractivity contribution in [1.29, 1.82) is 0 Å². The molecule has 3 nitrogen and oxygen atoms in total. The lowest BCUT2D eigenvalue weighted by Gasteiger charge is -1.99. The van der Waals surface area contributed by atoms with Crippen molar-refractivity contribution in [3.8, 4) is 11.3 Å². The normalized spacial score (nSPS) is 10.1. The second-order valence-electron chi connectivity index (χ2n) is 2.91. The average molecular weight is 206 g/mol. The first-order valence-electron chi connectivity index (χ1n) is 4.16. The van der Waals surface area contributed by atoms with Crippen LogP contribution in [0.1, 0.15) is 5.69 Å². The van der Waals surface area contributed by atoms with Gasteiger partial charge < -0.3 is 0 Å². The summed E-state index contributed by atoms with van der Waals surface area (Å²) >= 11 is 5.64. The van der Waals surface area contributed by atoms with Gasteiger partial charge in [0.05, 0.1) is 18.1 Å². The molecule has 0 radical (unpaired) electrons. The van der Waals surface area contributed by atoms with Gasteiger partial charge in [-0.25, -0.2) is 4.98 Å². The van der Waals surface area contributed by atoms with Gasteiger partial charge in [-0.15, -0.1) is 0 Å². The second kappa shape index (κ2) is 3.72. The molecule has 0 bridgehead atoms. The maximum absolute atomic E-state index is 5.64. The molecule has 4 heteroatoms. The lowest BCUT2D eigenvalue weighted by atomic mass is 10.2. The maximum atomic E-state index is 5.64. The van der Waals surface area contributed by atoms with Gasteiger partial charge in [-0.1, -0.05) is 11.6 Å². The Morgan fingerprint density at radius 3 is 2.43 bits per heavy atom. The third-order valence-electron chi connectivity index (χ3n) is 1.83.